The SMILES string of the molecule is COc1cc(C(C)NC2(C(C)C)CC2)cc([N+](=O)[O-])c1. The minimum Gasteiger partial charge on any atom is -0.496 e. The van der Waals surface area contributed by atoms with Gasteiger partial charge in [-0.05, 0) is 37.3 Å². The van der Waals surface area contributed by atoms with E-state index in [1.54, 1.807) is 6.07 Å². The Morgan fingerprint density at radius 3 is 2.40 bits per heavy atom. The highest BCUT2D eigenvalue weighted by Crippen LogP contribution is 2.44. The molecule has 1 unspecified atom stereocenters. The molecular weight excluding hydrogens is 256 g/mol. The monoisotopic (exact) mass is 278 g/mol. The molecule has 0 bridgehead atoms. The van der Waals surface area contributed by atoms with Crippen LogP contribution in [0.4, 0.5) is 5.69 Å². The lowest BCUT2D eigenvalue weighted by atomic mass is 9.98. The summed E-state index contributed by atoms with van der Waals surface area (Å²) in [6, 6.07) is 5.00. The molecule has 0 heterocycles. The fourth-order valence-electron chi connectivity index (χ4n) is 2.62. The normalized spacial score (nSPS) is 17.9. The van der Waals surface area contributed by atoms with Crippen molar-refractivity contribution in [3.63, 3.8) is 0 Å². The molecule has 1 aliphatic carbocycles. The number of nitro groups is 1. The maximum atomic E-state index is 11.0. The Bertz CT molecular complexity index is 510. The van der Waals surface area contributed by atoms with Crippen LogP contribution >= 0.6 is 0 Å². The van der Waals surface area contributed by atoms with Gasteiger partial charge in [-0.1, -0.05) is 13.8 Å². The van der Waals surface area contributed by atoms with Crippen LogP contribution in [0.2, 0.25) is 0 Å². The maximum Gasteiger partial charge on any atom is 0.273 e. The fourth-order valence-corrected chi connectivity index (χ4v) is 2.62. The average Bonchev–Trinajstić information content (AvgIpc) is 3.19. The Morgan fingerprint density at radius 1 is 1.30 bits per heavy atom. The van der Waals surface area contributed by atoms with E-state index in [1.807, 2.05) is 13.0 Å². The Kier molecular flexibility index (Phi) is 3.99. The third-order valence-corrected chi connectivity index (χ3v) is 4.26. The van der Waals surface area contributed by atoms with Crippen molar-refractivity contribution in [3.8, 4) is 5.75 Å². The second-order valence-corrected chi connectivity index (χ2v) is 5.90. The molecule has 0 spiro atoms. The van der Waals surface area contributed by atoms with Crippen molar-refractivity contribution < 1.29 is 9.66 Å². The molecule has 5 heteroatoms. The van der Waals surface area contributed by atoms with E-state index in [1.165, 1.54) is 26.0 Å². The predicted molar refractivity (Wildman–Crippen MR) is 78.0 cm³/mol. The van der Waals surface area contributed by atoms with Gasteiger partial charge in [0.1, 0.15) is 5.75 Å². The van der Waals surface area contributed by atoms with E-state index in [-0.39, 0.29) is 22.2 Å². The van der Waals surface area contributed by atoms with Crippen molar-refractivity contribution in [1.29, 1.82) is 0 Å². The first-order valence-corrected chi connectivity index (χ1v) is 6.99. The van der Waals surface area contributed by atoms with Gasteiger partial charge in [0.05, 0.1) is 18.1 Å². The zero-order chi connectivity index (χ0) is 14.9. The van der Waals surface area contributed by atoms with Gasteiger partial charge in [-0.2, -0.15) is 0 Å². The lowest BCUT2D eigenvalue weighted by Gasteiger charge is -2.26. The second kappa shape index (κ2) is 5.40. The summed E-state index contributed by atoms with van der Waals surface area (Å²) in [4.78, 5) is 10.6. The van der Waals surface area contributed by atoms with E-state index in [4.69, 9.17) is 4.74 Å². The molecule has 0 aromatic heterocycles. The summed E-state index contributed by atoms with van der Waals surface area (Å²) in [6.07, 6.45) is 2.34. The van der Waals surface area contributed by atoms with Gasteiger partial charge in [0.2, 0.25) is 0 Å². The molecule has 1 fully saturated rings. The zero-order valence-corrected chi connectivity index (χ0v) is 12.5. The van der Waals surface area contributed by atoms with Crippen molar-refractivity contribution in [2.45, 2.75) is 45.2 Å². The molecule has 2 rings (SSSR count). The Balaban J connectivity index is 2.23. The highest BCUT2D eigenvalue weighted by atomic mass is 16.6. The number of nitrogens with zero attached hydrogens (tertiary/aromatic N) is 1. The number of rotatable bonds is 6. The number of hydrogen-bond acceptors (Lipinski definition) is 4. The van der Waals surface area contributed by atoms with Crippen LogP contribution in [0.25, 0.3) is 0 Å². The zero-order valence-electron chi connectivity index (χ0n) is 12.5. The maximum absolute atomic E-state index is 11.0. The molecule has 1 aliphatic rings. The van der Waals surface area contributed by atoms with E-state index in [0.717, 1.165) is 5.56 Å². The van der Waals surface area contributed by atoms with Gasteiger partial charge in [-0.15, -0.1) is 0 Å². The van der Waals surface area contributed by atoms with E-state index in [9.17, 15) is 10.1 Å². The highest BCUT2D eigenvalue weighted by molar-refractivity contribution is 5.44. The van der Waals surface area contributed by atoms with E-state index < -0.39 is 0 Å². The largest absolute Gasteiger partial charge is 0.496 e. The van der Waals surface area contributed by atoms with E-state index in [2.05, 4.69) is 19.2 Å². The number of ether oxygens (including phenoxy) is 1. The number of benzene rings is 1. The Hall–Kier alpha value is -1.62. The van der Waals surface area contributed by atoms with Gasteiger partial charge in [0.25, 0.3) is 5.69 Å². The summed E-state index contributed by atoms with van der Waals surface area (Å²) in [5.74, 6) is 1.09. The summed E-state index contributed by atoms with van der Waals surface area (Å²) < 4.78 is 5.16. The molecule has 1 aromatic carbocycles. The van der Waals surface area contributed by atoms with Gasteiger partial charge in [-0.3, -0.25) is 10.1 Å². The molecule has 1 atom stereocenters. The summed E-state index contributed by atoms with van der Waals surface area (Å²) >= 11 is 0. The van der Waals surface area contributed by atoms with Crippen molar-refractivity contribution in [1.82, 2.24) is 5.32 Å². The molecule has 0 amide bonds. The lowest BCUT2D eigenvalue weighted by Crippen LogP contribution is -2.38. The van der Waals surface area contributed by atoms with Crippen LogP contribution in [0.15, 0.2) is 18.2 Å². The molecule has 0 aliphatic heterocycles. The molecule has 1 aromatic rings. The van der Waals surface area contributed by atoms with Crippen LogP contribution in [0.5, 0.6) is 5.75 Å². The molecule has 110 valence electrons. The first kappa shape index (κ1) is 14.8. The number of methoxy groups -OCH3 is 1. The minimum atomic E-state index is -0.381. The third kappa shape index (κ3) is 2.93. The average molecular weight is 278 g/mol. The number of non-ortho nitro benzene ring substituents is 1. The molecular formula is C15H22N2O3. The van der Waals surface area contributed by atoms with Gasteiger partial charge >= 0.3 is 0 Å². The third-order valence-electron chi connectivity index (χ3n) is 4.26. The highest BCUT2D eigenvalue weighted by Gasteiger charge is 2.45. The summed E-state index contributed by atoms with van der Waals surface area (Å²) in [6.45, 7) is 6.46. The molecule has 0 radical (unpaired) electrons. The topological polar surface area (TPSA) is 64.4 Å². The van der Waals surface area contributed by atoms with Crippen molar-refractivity contribution in [3.05, 3.63) is 33.9 Å². The first-order chi connectivity index (χ1) is 9.38. The van der Waals surface area contributed by atoms with Gasteiger partial charge in [-0.25, -0.2) is 0 Å². The molecule has 1 saturated carbocycles. The molecule has 1 N–H and O–H groups in total. The van der Waals surface area contributed by atoms with Gasteiger partial charge in [0.15, 0.2) is 0 Å². The first-order valence-electron chi connectivity index (χ1n) is 6.99. The van der Waals surface area contributed by atoms with Gasteiger partial charge < -0.3 is 10.1 Å². The molecule has 5 nitrogen and oxygen atoms in total. The fraction of sp³-hybridized carbons (Fsp3) is 0.600. The van der Waals surface area contributed by atoms with Crippen LogP contribution in [0.3, 0.4) is 0 Å². The van der Waals surface area contributed by atoms with Gasteiger partial charge in [0, 0.05) is 17.6 Å². The van der Waals surface area contributed by atoms with Crippen LogP contribution in [-0.4, -0.2) is 17.6 Å². The number of nitro benzene ring substituents is 1. The van der Waals surface area contributed by atoms with Crippen molar-refractivity contribution in [2.75, 3.05) is 7.11 Å². The van der Waals surface area contributed by atoms with Crippen LogP contribution in [-0.2, 0) is 0 Å². The van der Waals surface area contributed by atoms with Crippen LogP contribution < -0.4 is 10.1 Å². The summed E-state index contributed by atoms with van der Waals surface area (Å²) in [7, 11) is 1.53. The lowest BCUT2D eigenvalue weighted by molar-refractivity contribution is -0.385. The number of hydrogen-bond donors (Lipinski definition) is 1. The smallest absolute Gasteiger partial charge is 0.273 e. The van der Waals surface area contributed by atoms with Crippen molar-refractivity contribution in [2.24, 2.45) is 5.92 Å². The Morgan fingerprint density at radius 2 is 1.95 bits per heavy atom. The second-order valence-electron chi connectivity index (χ2n) is 5.90. The predicted octanol–water partition coefficient (Wildman–Crippen LogP) is 3.44. The van der Waals surface area contributed by atoms with Crippen LogP contribution in [0.1, 0.15) is 45.2 Å². The van der Waals surface area contributed by atoms with Crippen LogP contribution in [0, 0.1) is 16.0 Å². The molecule has 0 saturated heterocycles. The minimum absolute atomic E-state index is 0.0636. The Labute approximate surface area is 119 Å². The van der Waals surface area contributed by atoms with Crippen molar-refractivity contribution >= 4 is 5.69 Å². The van der Waals surface area contributed by atoms with E-state index >= 15 is 0 Å². The summed E-state index contributed by atoms with van der Waals surface area (Å²) in [5.41, 5.74) is 1.16. The molecule has 20 heavy (non-hydrogen) atoms. The quantitative estimate of drug-likeness (QED) is 0.639. The standard InChI is InChI=1S/C15H22N2O3/c1-10(2)15(5-6-15)16-11(3)12-7-13(17(18)19)9-14(8-12)20-4/h7-11,16H,5-6H2,1-4H3. The van der Waals surface area contributed by atoms with E-state index in [0.29, 0.717) is 11.7 Å². The summed E-state index contributed by atoms with van der Waals surface area (Å²) in [5, 5.41) is 14.6. The number of nitrogens with one attached hydrogen (secondary N) is 1.